The van der Waals surface area contributed by atoms with E-state index in [1.807, 2.05) is 56.4 Å². The summed E-state index contributed by atoms with van der Waals surface area (Å²) in [6.45, 7) is 9.08. The lowest BCUT2D eigenvalue weighted by Gasteiger charge is -2.25. The van der Waals surface area contributed by atoms with Crippen molar-refractivity contribution >= 4 is 0 Å². The molecule has 0 radical (unpaired) electrons. The summed E-state index contributed by atoms with van der Waals surface area (Å²) >= 11 is 0. The van der Waals surface area contributed by atoms with E-state index in [2.05, 4.69) is 30.9 Å². The van der Waals surface area contributed by atoms with E-state index in [0.29, 0.717) is 32.2 Å². The summed E-state index contributed by atoms with van der Waals surface area (Å²) in [5.74, 6) is 1.49. The second-order valence-corrected chi connectivity index (χ2v) is 8.09. The molecule has 6 nitrogen and oxygen atoms in total. The Labute approximate surface area is 191 Å². The Balaban J connectivity index is 1.95. The number of hydrogen-bond donors (Lipinski definition) is 1. The number of aliphatic hydroxyl groups excluding tert-OH is 1. The molecule has 0 aliphatic rings. The van der Waals surface area contributed by atoms with E-state index < -0.39 is 6.10 Å². The van der Waals surface area contributed by atoms with Crippen LogP contribution in [-0.4, -0.2) is 52.2 Å². The van der Waals surface area contributed by atoms with Gasteiger partial charge in [0.15, 0.2) is 0 Å². The summed E-state index contributed by atoms with van der Waals surface area (Å²) in [6.07, 6.45) is 0.441. The van der Waals surface area contributed by atoms with Crippen LogP contribution in [0.2, 0.25) is 0 Å². The predicted octanol–water partition coefficient (Wildman–Crippen LogP) is 4.80. The summed E-state index contributed by atoms with van der Waals surface area (Å²) < 4.78 is 13.6. The summed E-state index contributed by atoms with van der Waals surface area (Å²) in [4.78, 5) is 2.25. The van der Waals surface area contributed by atoms with E-state index in [4.69, 9.17) is 14.6 Å². The first-order valence-electron chi connectivity index (χ1n) is 11.4. The second-order valence-electron chi connectivity index (χ2n) is 8.09. The first-order valence-corrected chi connectivity index (χ1v) is 11.4. The number of benzene rings is 2. The van der Waals surface area contributed by atoms with Gasteiger partial charge in [0.2, 0.25) is 5.88 Å². The standard InChI is InChI=1S/C26H35N3O3/c1-5-16-29(17-22(30)19-31-6-2)18-24-25(21-10-8-7-9-11-21)27-28(4)26(24)32-23-14-12-20(3)13-15-23/h7-15,22,30H,5-6,16-19H2,1-4H3. The van der Waals surface area contributed by atoms with Crippen molar-refractivity contribution in [3.63, 3.8) is 0 Å². The molecule has 3 rings (SSSR count). The van der Waals surface area contributed by atoms with Crippen molar-refractivity contribution in [3.8, 4) is 22.9 Å². The van der Waals surface area contributed by atoms with E-state index in [1.165, 1.54) is 5.56 Å². The first-order chi connectivity index (χ1) is 15.5. The molecule has 172 valence electrons. The molecule has 0 aliphatic heterocycles. The third-order valence-corrected chi connectivity index (χ3v) is 5.28. The highest BCUT2D eigenvalue weighted by molar-refractivity contribution is 5.65. The summed E-state index contributed by atoms with van der Waals surface area (Å²) in [5.41, 5.74) is 4.14. The maximum absolute atomic E-state index is 10.5. The molecule has 0 saturated carbocycles. The van der Waals surface area contributed by atoms with Crippen LogP contribution in [0.3, 0.4) is 0 Å². The van der Waals surface area contributed by atoms with Gasteiger partial charge in [-0.25, -0.2) is 4.68 Å². The maximum atomic E-state index is 10.5. The SMILES string of the molecule is CCCN(Cc1c(-c2ccccc2)nn(C)c1Oc1ccc(C)cc1)CC(O)COCC. The topological polar surface area (TPSA) is 59.8 Å². The molecule has 0 spiro atoms. The van der Waals surface area contributed by atoms with Crippen molar-refractivity contribution < 1.29 is 14.6 Å². The molecule has 0 aliphatic carbocycles. The Morgan fingerprint density at radius 1 is 1.06 bits per heavy atom. The van der Waals surface area contributed by atoms with E-state index in [0.717, 1.165) is 35.5 Å². The first kappa shape index (κ1) is 24.0. The molecule has 1 unspecified atom stereocenters. The molecule has 0 amide bonds. The van der Waals surface area contributed by atoms with E-state index in [-0.39, 0.29) is 0 Å². The van der Waals surface area contributed by atoms with Crippen LogP contribution in [-0.2, 0) is 18.3 Å². The van der Waals surface area contributed by atoms with Gasteiger partial charge < -0.3 is 14.6 Å². The summed E-state index contributed by atoms with van der Waals surface area (Å²) in [7, 11) is 1.91. The average Bonchev–Trinajstić information content (AvgIpc) is 3.09. The lowest BCUT2D eigenvalue weighted by molar-refractivity contribution is 0.0195. The van der Waals surface area contributed by atoms with Crippen LogP contribution >= 0.6 is 0 Å². The summed E-state index contributed by atoms with van der Waals surface area (Å²) in [6, 6.07) is 18.2. The van der Waals surface area contributed by atoms with Crippen molar-refractivity contribution in [1.82, 2.24) is 14.7 Å². The minimum absolute atomic E-state index is 0.335. The molecule has 0 saturated heterocycles. The van der Waals surface area contributed by atoms with Gasteiger partial charge in [-0.05, 0) is 38.9 Å². The Morgan fingerprint density at radius 2 is 1.78 bits per heavy atom. The monoisotopic (exact) mass is 437 g/mol. The largest absolute Gasteiger partial charge is 0.439 e. The van der Waals surface area contributed by atoms with E-state index in [1.54, 1.807) is 4.68 Å². The molecule has 0 fully saturated rings. The maximum Gasteiger partial charge on any atom is 0.222 e. The number of aromatic nitrogens is 2. The number of nitrogens with zero attached hydrogens (tertiary/aromatic N) is 3. The van der Waals surface area contributed by atoms with Crippen molar-refractivity contribution in [2.45, 2.75) is 39.8 Å². The third-order valence-electron chi connectivity index (χ3n) is 5.28. The van der Waals surface area contributed by atoms with Crippen molar-refractivity contribution in [1.29, 1.82) is 0 Å². The molecular weight excluding hydrogens is 402 g/mol. The van der Waals surface area contributed by atoms with Gasteiger partial charge in [0.25, 0.3) is 0 Å². The number of rotatable bonds is 12. The van der Waals surface area contributed by atoms with Gasteiger partial charge in [-0.3, -0.25) is 4.90 Å². The van der Waals surface area contributed by atoms with Crippen LogP contribution in [0, 0.1) is 6.92 Å². The van der Waals surface area contributed by atoms with Gasteiger partial charge >= 0.3 is 0 Å². The van der Waals surface area contributed by atoms with Crippen LogP contribution in [0.15, 0.2) is 54.6 Å². The molecule has 0 bridgehead atoms. The predicted molar refractivity (Wildman–Crippen MR) is 128 cm³/mol. The Bertz CT molecular complexity index is 954. The normalized spacial score (nSPS) is 12.3. The molecule has 6 heteroatoms. The molecule has 1 heterocycles. The summed E-state index contributed by atoms with van der Waals surface area (Å²) in [5, 5.41) is 15.3. The molecule has 32 heavy (non-hydrogen) atoms. The van der Waals surface area contributed by atoms with Crippen molar-refractivity contribution in [2.24, 2.45) is 7.05 Å². The molecule has 3 aromatic rings. The molecule has 1 atom stereocenters. The lowest BCUT2D eigenvalue weighted by Crippen LogP contribution is -2.35. The van der Waals surface area contributed by atoms with Crippen molar-refractivity contribution in [2.75, 3.05) is 26.3 Å². The fourth-order valence-corrected chi connectivity index (χ4v) is 3.75. The van der Waals surface area contributed by atoms with Gasteiger partial charge in [-0.2, -0.15) is 5.10 Å². The Kier molecular flexibility index (Phi) is 8.85. The van der Waals surface area contributed by atoms with Gasteiger partial charge in [0, 0.05) is 32.3 Å². The number of hydrogen-bond acceptors (Lipinski definition) is 5. The highest BCUT2D eigenvalue weighted by atomic mass is 16.5. The molecule has 1 N–H and O–H groups in total. The lowest BCUT2D eigenvalue weighted by atomic mass is 10.1. The molecule has 2 aromatic carbocycles. The van der Waals surface area contributed by atoms with Gasteiger partial charge in [0.05, 0.1) is 18.3 Å². The Morgan fingerprint density at radius 3 is 2.44 bits per heavy atom. The second kappa shape index (κ2) is 11.8. The van der Waals surface area contributed by atoms with Crippen LogP contribution < -0.4 is 4.74 Å². The van der Waals surface area contributed by atoms with Gasteiger partial charge in [-0.1, -0.05) is 55.0 Å². The zero-order chi connectivity index (χ0) is 22.9. The van der Waals surface area contributed by atoms with Crippen molar-refractivity contribution in [3.05, 3.63) is 65.7 Å². The van der Waals surface area contributed by atoms with Gasteiger partial charge in [0.1, 0.15) is 11.4 Å². The van der Waals surface area contributed by atoms with Gasteiger partial charge in [-0.15, -0.1) is 0 Å². The number of ether oxygens (including phenoxy) is 2. The highest BCUT2D eigenvalue weighted by Gasteiger charge is 2.23. The fraction of sp³-hybridized carbons (Fsp3) is 0.423. The minimum Gasteiger partial charge on any atom is -0.439 e. The highest BCUT2D eigenvalue weighted by Crippen LogP contribution is 2.34. The zero-order valence-corrected chi connectivity index (χ0v) is 19.6. The molecule has 1 aromatic heterocycles. The third kappa shape index (κ3) is 6.42. The fourth-order valence-electron chi connectivity index (χ4n) is 3.75. The minimum atomic E-state index is -0.542. The average molecular weight is 438 g/mol. The smallest absolute Gasteiger partial charge is 0.222 e. The van der Waals surface area contributed by atoms with E-state index in [9.17, 15) is 5.11 Å². The van der Waals surface area contributed by atoms with Crippen LogP contribution in [0.1, 0.15) is 31.4 Å². The molecular formula is C26H35N3O3. The van der Waals surface area contributed by atoms with Crippen LogP contribution in [0.5, 0.6) is 11.6 Å². The van der Waals surface area contributed by atoms with Crippen LogP contribution in [0.4, 0.5) is 0 Å². The Hall–Kier alpha value is -2.67. The number of aliphatic hydroxyl groups is 1. The number of aryl methyl sites for hydroxylation is 2. The quantitative estimate of drug-likeness (QED) is 0.441. The van der Waals surface area contributed by atoms with E-state index >= 15 is 0 Å². The van der Waals surface area contributed by atoms with Crippen LogP contribution in [0.25, 0.3) is 11.3 Å². The zero-order valence-electron chi connectivity index (χ0n) is 19.6.